The van der Waals surface area contributed by atoms with Crippen LogP contribution in [0.1, 0.15) is 43.0 Å². The summed E-state index contributed by atoms with van der Waals surface area (Å²) < 4.78 is 24.9. The minimum Gasteiger partial charge on any atom is -0.348 e. The monoisotopic (exact) mass is 411 g/mol. The predicted octanol–water partition coefficient (Wildman–Crippen LogP) is 4.60. The number of thiophene rings is 1. The van der Waals surface area contributed by atoms with Gasteiger partial charge in [0, 0.05) is 14.6 Å². The molecule has 0 aliphatic rings. The fourth-order valence-corrected chi connectivity index (χ4v) is 6.24. The van der Waals surface area contributed by atoms with Gasteiger partial charge < -0.3 is 5.32 Å². The lowest BCUT2D eigenvalue weighted by Gasteiger charge is -2.17. The summed E-state index contributed by atoms with van der Waals surface area (Å²) in [6, 6.07) is 10.9. The highest BCUT2D eigenvalue weighted by Crippen LogP contribution is 2.31. The molecule has 0 spiro atoms. The van der Waals surface area contributed by atoms with Crippen LogP contribution < -0.4 is 5.32 Å². The molecular weight excluding hydrogens is 386 g/mol. The Bertz CT molecular complexity index is 858. The number of thioether (sulfide) groups is 1. The topological polar surface area (TPSA) is 63.2 Å². The maximum atomic E-state index is 12.5. The van der Waals surface area contributed by atoms with Gasteiger partial charge in [0.15, 0.2) is 9.84 Å². The molecule has 0 bridgehead atoms. The van der Waals surface area contributed by atoms with Gasteiger partial charge in [0.05, 0.1) is 21.9 Å². The van der Waals surface area contributed by atoms with Crippen LogP contribution in [-0.2, 0) is 14.6 Å². The Labute approximate surface area is 164 Å². The molecule has 0 saturated heterocycles. The second-order valence-corrected chi connectivity index (χ2v) is 11.0. The van der Waals surface area contributed by atoms with Crippen LogP contribution in [0, 0.1) is 6.92 Å². The third-order valence-electron chi connectivity index (χ3n) is 3.88. The van der Waals surface area contributed by atoms with Crippen molar-refractivity contribution in [3.05, 3.63) is 46.2 Å². The first kappa shape index (κ1) is 21.0. The van der Waals surface area contributed by atoms with Crippen molar-refractivity contribution in [1.82, 2.24) is 5.32 Å². The molecule has 26 heavy (non-hydrogen) atoms. The summed E-state index contributed by atoms with van der Waals surface area (Å²) in [5.74, 6) is 0.0103. The second-order valence-electron chi connectivity index (χ2n) is 6.20. The smallest absolute Gasteiger partial charge is 0.233 e. The third kappa shape index (κ3) is 5.34. The molecule has 0 aliphatic carbocycles. The Balaban J connectivity index is 2.10. The number of hydrogen-bond acceptors (Lipinski definition) is 5. The van der Waals surface area contributed by atoms with E-state index in [0.29, 0.717) is 16.2 Å². The fraction of sp³-hybridized carbons (Fsp3) is 0.421. The van der Waals surface area contributed by atoms with Crippen LogP contribution in [0.2, 0.25) is 0 Å². The van der Waals surface area contributed by atoms with E-state index in [4.69, 9.17) is 0 Å². The average Bonchev–Trinajstić information content (AvgIpc) is 3.01. The van der Waals surface area contributed by atoms with E-state index in [1.54, 1.807) is 42.5 Å². The van der Waals surface area contributed by atoms with Gasteiger partial charge in [-0.25, -0.2) is 8.42 Å². The van der Waals surface area contributed by atoms with Gasteiger partial charge >= 0.3 is 0 Å². The summed E-state index contributed by atoms with van der Waals surface area (Å²) in [6.45, 7) is 7.64. The standard InChI is InChI=1S/C19H25NO3S3/c1-5-12-26(22,23)18-9-7-6-8-17(18)25-15(4)19(21)20-14(3)16-11-10-13(2)24-16/h6-11,14-15H,5,12H2,1-4H3,(H,20,21). The summed E-state index contributed by atoms with van der Waals surface area (Å²) in [5.41, 5.74) is 0. The molecule has 2 atom stereocenters. The van der Waals surface area contributed by atoms with Crippen molar-refractivity contribution in [2.45, 2.75) is 55.2 Å². The molecule has 1 heterocycles. The number of nitrogens with one attached hydrogen (secondary N) is 1. The number of carbonyl (C=O) groups excluding carboxylic acids is 1. The van der Waals surface area contributed by atoms with Crippen molar-refractivity contribution in [3.8, 4) is 0 Å². The molecule has 2 rings (SSSR count). The normalized spacial score (nSPS) is 14.0. The molecule has 0 saturated carbocycles. The van der Waals surface area contributed by atoms with E-state index in [-0.39, 0.29) is 17.7 Å². The summed E-state index contributed by atoms with van der Waals surface area (Å²) in [6.07, 6.45) is 0.565. The maximum Gasteiger partial charge on any atom is 0.233 e. The highest BCUT2D eigenvalue weighted by molar-refractivity contribution is 8.01. The number of benzene rings is 1. The summed E-state index contributed by atoms with van der Waals surface area (Å²) >= 11 is 2.95. The number of rotatable bonds is 8. The predicted molar refractivity (Wildman–Crippen MR) is 110 cm³/mol. The van der Waals surface area contributed by atoms with E-state index in [0.717, 1.165) is 4.88 Å². The van der Waals surface area contributed by atoms with Gasteiger partial charge in [0.25, 0.3) is 0 Å². The van der Waals surface area contributed by atoms with Crippen molar-refractivity contribution >= 4 is 38.8 Å². The highest BCUT2D eigenvalue weighted by atomic mass is 32.2. The van der Waals surface area contributed by atoms with E-state index >= 15 is 0 Å². The zero-order valence-electron chi connectivity index (χ0n) is 15.5. The van der Waals surface area contributed by atoms with Crippen molar-refractivity contribution in [2.75, 3.05) is 5.75 Å². The van der Waals surface area contributed by atoms with Crippen LogP contribution in [0.5, 0.6) is 0 Å². The number of aryl methyl sites for hydroxylation is 1. The molecule has 0 aliphatic heterocycles. The molecule has 1 aromatic carbocycles. The first-order chi connectivity index (χ1) is 12.2. The lowest BCUT2D eigenvalue weighted by atomic mass is 10.2. The first-order valence-corrected chi connectivity index (χ1v) is 11.9. The van der Waals surface area contributed by atoms with Gasteiger partial charge in [0.2, 0.25) is 5.91 Å². The first-order valence-electron chi connectivity index (χ1n) is 8.59. The van der Waals surface area contributed by atoms with E-state index in [2.05, 4.69) is 5.32 Å². The van der Waals surface area contributed by atoms with Crippen molar-refractivity contribution in [1.29, 1.82) is 0 Å². The minimum absolute atomic E-state index is 0.0664. The van der Waals surface area contributed by atoms with Gasteiger partial charge in [-0.05, 0) is 51.5 Å². The van der Waals surface area contributed by atoms with Gasteiger partial charge in [0.1, 0.15) is 0 Å². The lowest BCUT2D eigenvalue weighted by Crippen LogP contribution is -2.32. The van der Waals surface area contributed by atoms with Gasteiger partial charge in [-0.3, -0.25) is 4.79 Å². The number of sulfone groups is 1. The SMILES string of the molecule is CCCS(=O)(=O)c1ccccc1SC(C)C(=O)NC(C)c1ccc(C)s1. The van der Waals surface area contributed by atoms with Crippen molar-refractivity contribution < 1.29 is 13.2 Å². The number of hydrogen-bond donors (Lipinski definition) is 1. The average molecular weight is 412 g/mol. The Kier molecular flexibility index (Phi) is 7.32. The largest absolute Gasteiger partial charge is 0.348 e. The minimum atomic E-state index is -3.33. The van der Waals surface area contributed by atoms with E-state index in [9.17, 15) is 13.2 Å². The van der Waals surface area contributed by atoms with Gasteiger partial charge in [-0.15, -0.1) is 23.1 Å². The summed E-state index contributed by atoms with van der Waals surface area (Å²) in [5, 5.41) is 2.62. The van der Waals surface area contributed by atoms with Crippen LogP contribution in [-0.4, -0.2) is 25.3 Å². The Morgan fingerprint density at radius 3 is 2.50 bits per heavy atom. The van der Waals surface area contributed by atoms with E-state index in [1.807, 2.05) is 32.9 Å². The molecule has 0 fully saturated rings. The van der Waals surface area contributed by atoms with Gasteiger partial charge in [-0.2, -0.15) is 0 Å². The molecule has 142 valence electrons. The quantitative estimate of drug-likeness (QED) is 0.645. The molecule has 1 N–H and O–H groups in total. The Morgan fingerprint density at radius 2 is 1.88 bits per heavy atom. The van der Waals surface area contributed by atoms with Crippen LogP contribution in [0.4, 0.5) is 0 Å². The molecule has 4 nitrogen and oxygen atoms in total. The van der Waals surface area contributed by atoms with Crippen molar-refractivity contribution in [3.63, 3.8) is 0 Å². The van der Waals surface area contributed by atoms with Crippen LogP contribution in [0.25, 0.3) is 0 Å². The number of amides is 1. The van der Waals surface area contributed by atoms with E-state index < -0.39 is 15.1 Å². The van der Waals surface area contributed by atoms with Crippen LogP contribution >= 0.6 is 23.1 Å². The zero-order chi connectivity index (χ0) is 19.3. The second kappa shape index (κ2) is 9.06. The molecule has 1 amide bonds. The molecule has 2 unspecified atom stereocenters. The molecule has 7 heteroatoms. The zero-order valence-corrected chi connectivity index (χ0v) is 17.9. The highest BCUT2D eigenvalue weighted by Gasteiger charge is 2.23. The Morgan fingerprint density at radius 1 is 1.19 bits per heavy atom. The molecular formula is C19H25NO3S3. The summed E-state index contributed by atoms with van der Waals surface area (Å²) in [7, 11) is -3.33. The van der Waals surface area contributed by atoms with Crippen molar-refractivity contribution in [2.24, 2.45) is 0 Å². The van der Waals surface area contributed by atoms with Gasteiger partial charge in [-0.1, -0.05) is 19.1 Å². The molecule has 1 aromatic heterocycles. The lowest BCUT2D eigenvalue weighted by molar-refractivity contribution is -0.120. The van der Waals surface area contributed by atoms with Crippen LogP contribution in [0.15, 0.2) is 46.2 Å². The van der Waals surface area contributed by atoms with E-state index in [1.165, 1.54) is 16.6 Å². The summed E-state index contributed by atoms with van der Waals surface area (Å²) in [4.78, 5) is 15.8. The Hall–Kier alpha value is -1.31. The maximum absolute atomic E-state index is 12.5. The third-order valence-corrected chi connectivity index (χ3v) is 8.34. The molecule has 0 radical (unpaired) electrons. The van der Waals surface area contributed by atoms with Crippen LogP contribution in [0.3, 0.4) is 0 Å². The molecule has 2 aromatic rings. The number of carbonyl (C=O) groups is 1. The fourth-order valence-electron chi connectivity index (χ4n) is 2.52.